The smallest absolute Gasteiger partial charge is 0.328 e. The number of carboxylic acids is 1. The number of carbonyl (C=O) groups is 8. The zero-order valence-electron chi connectivity index (χ0n) is 34.0. The maximum absolute atomic E-state index is 13.8. The first-order chi connectivity index (χ1) is 28.7. The minimum atomic E-state index is -1.79. The number of benzene rings is 1. The molecule has 0 saturated heterocycles. The molecule has 340 valence electrons. The largest absolute Gasteiger partial charge is 0.480 e. The molecule has 61 heavy (non-hydrogen) atoms. The van der Waals surface area contributed by atoms with Crippen LogP contribution >= 0.6 is 0 Å². The van der Waals surface area contributed by atoms with E-state index in [9.17, 15) is 53.7 Å². The van der Waals surface area contributed by atoms with Crippen LogP contribution in [0.5, 0.6) is 0 Å². The molecule has 0 aromatic heterocycles. The number of aliphatic hydroxyl groups excluding tert-OH is 2. The maximum atomic E-state index is 13.8. The summed E-state index contributed by atoms with van der Waals surface area (Å²) < 4.78 is 0. The normalized spacial score (nSPS) is 14.3. The van der Waals surface area contributed by atoms with Gasteiger partial charge >= 0.3 is 5.97 Å². The highest BCUT2D eigenvalue weighted by atomic mass is 16.4. The molecule has 1 rings (SSSR count). The summed E-state index contributed by atoms with van der Waals surface area (Å²) in [6.45, 7) is 1.41. The van der Waals surface area contributed by atoms with Gasteiger partial charge < -0.3 is 81.6 Å². The monoisotopic (exact) mass is 864 g/mol. The molecule has 0 spiro atoms. The van der Waals surface area contributed by atoms with Crippen molar-refractivity contribution in [3.05, 3.63) is 35.9 Å². The van der Waals surface area contributed by atoms with Gasteiger partial charge in [0.2, 0.25) is 41.4 Å². The van der Waals surface area contributed by atoms with Crippen LogP contribution in [0.1, 0.15) is 51.5 Å². The summed E-state index contributed by atoms with van der Waals surface area (Å²) in [7, 11) is 0. The lowest BCUT2D eigenvalue weighted by Crippen LogP contribution is -2.61. The van der Waals surface area contributed by atoms with E-state index in [4.69, 9.17) is 34.4 Å². The minimum Gasteiger partial charge on any atom is -0.480 e. The van der Waals surface area contributed by atoms with Crippen LogP contribution in [0.4, 0.5) is 0 Å². The van der Waals surface area contributed by atoms with Crippen LogP contribution in [0, 0.1) is 5.92 Å². The summed E-state index contributed by atoms with van der Waals surface area (Å²) in [5.41, 5.74) is 33.3. The van der Waals surface area contributed by atoms with Gasteiger partial charge in [-0.25, -0.2) is 4.79 Å². The molecule has 0 aliphatic rings. The summed E-state index contributed by atoms with van der Waals surface area (Å²) in [4.78, 5) is 112. The quantitative estimate of drug-likeness (QED) is 0.0211. The van der Waals surface area contributed by atoms with Crippen molar-refractivity contribution in [3.8, 4) is 0 Å². The average Bonchev–Trinajstić information content (AvgIpc) is 3.19. The Morgan fingerprint density at radius 1 is 0.590 bits per heavy atom. The van der Waals surface area contributed by atoms with E-state index in [0.29, 0.717) is 12.0 Å². The standard InChI is InChI=1S/C36H60N14O11/c1-18(2)27(50-28(54)20(37)10-6-12-43-35(39)40)33(59)48-24(16-51)32(58)47-23(15-26(38)53)31(57)45-21(11-7-13-44-36(41)42)29(55)46-22(14-19-8-4-3-5-9-19)30(56)49-25(17-52)34(60)61/h3-5,8-9,18,20-25,27,51-52H,6-7,10-17,37H2,1-2H3,(H2,38,53)(H,45,57)(H,46,55)(H,47,58)(H,48,59)(H,49,56)(H,50,54)(H,60,61)(H4,39,40,43)(H4,41,42,44)/t20-,21-,22-,23-,24-,25-,27-/m0/s1. The van der Waals surface area contributed by atoms with Gasteiger partial charge in [-0.3, -0.25) is 43.5 Å². The lowest BCUT2D eigenvalue weighted by molar-refractivity contribution is -0.143. The number of hydrogen-bond acceptors (Lipinski definition) is 13. The van der Waals surface area contributed by atoms with E-state index >= 15 is 0 Å². The van der Waals surface area contributed by atoms with Crippen molar-refractivity contribution in [2.45, 2.75) is 94.7 Å². The molecule has 1 aromatic rings. The number of nitrogens with one attached hydrogen (secondary N) is 6. The number of primary amides is 1. The van der Waals surface area contributed by atoms with Gasteiger partial charge in [-0.05, 0) is 37.2 Å². The number of aliphatic imine (C=N–C) groups is 2. The highest BCUT2D eigenvalue weighted by Crippen LogP contribution is 2.09. The molecule has 0 heterocycles. The second-order valence-corrected chi connectivity index (χ2v) is 14.1. The molecule has 25 nitrogen and oxygen atoms in total. The Balaban J connectivity index is 3.30. The molecule has 25 heteroatoms. The topological polar surface area (TPSA) is 450 Å². The summed E-state index contributed by atoms with van der Waals surface area (Å²) in [6.07, 6.45) is -0.576. The molecular formula is C36H60N14O11. The van der Waals surface area contributed by atoms with Crippen molar-refractivity contribution in [1.29, 1.82) is 0 Å². The first-order valence-corrected chi connectivity index (χ1v) is 19.2. The van der Waals surface area contributed by atoms with E-state index in [1.54, 1.807) is 44.2 Å². The van der Waals surface area contributed by atoms with Crippen LogP contribution in [0.15, 0.2) is 40.3 Å². The van der Waals surface area contributed by atoms with E-state index in [0.717, 1.165) is 0 Å². The molecule has 0 bridgehead atoms. The summed E-state index contributed by atoms with van der Waals surface area (Å²) in [5, 5.41) is 43.0. The number of carboxylic acid groups (broad SMARTS) is 1. The van der Waals surface area contributed by atoms with Crippen molar-refractivity contribution in [2.75, 3.05) is 26.3 Å². The summed E-state index contributed by atoms with van der Waals surface area (Å²) >= 11 is 0. The van der Waals surface area contributed by atoms with Crippen molar-refractivity contribution < 1.29 is 53.7 Å². The number of nitrogens with two attached hydrogens (primary N) is 6. The fraction of sp³-hybridized carbons (Fsp3) is 0.556. The summed E-state index contributed by atoms with van der Waals surface area (Å²) in [5.74, 6) is -9.40. The first kappa shape index (κ1) is 52.4. The molecule has 7 atom stereocenters. The lowest BCUT2D eigenvalue weighted by Gasteiger charge is -2.27. The second-order valence-electron chi connectivity index (χ2n) is 14.1. The molecule has 0 fully saturated rings. The minimum absolute atomic E-state index is 0.0186. The Labute approximate surface area is 351 Å². The Bertz CT molecular complexity index is 1710. The molecule has 7 amide bonds. The van der Waals surface area contributed by atoms with E-state index in [1.165, 1.54) is 0 Å². The van der Waals surface area contributed by atoms with Gasteiger partial charge in [0.25, 0.3) is 0 Å². The highest BCUT2D eigenvalue weighted by Gasteiger charge is 2.34. The lowest BCUT2D eigenvalue weighted by atomic mass is 10.0. The Hall–Kier alpha value is -6.60. The van der Waals surface area contributed by atoms with Gasteiger partial charge in [0.05, 0.1) is 25.7 Å². The van der Waals surface area contributed by atoms with Gasteiger partial charge in [-0.15, -0.1) is 0 Å². The van der Waals surface area contributed by atoms with Gasteiger partial charge in [0, 0.05) is 19.5 Å². The third kappa shape index (κ3) is 20.3. The van der Waals surface area contributed by atoms with E-state index in [1.807, 2.05) is 0 Å². The molecule has 0 radical (unpaired) electrons. The predicted octanol–water partition coefficient (Wildman–Crippen LogP) is -6.83. The number of guanidine groups is 2. The molecular weight excluding hydrogens is 804 g/mol. The number of amides is 7. The molecule has 1 aromatic carbocycles. The maximum Gasteiger partial charge on any atom is 0.328 e. The molecule has 0 unspecified atom stereocenters. The van der Waals surface area contributed by atoms with Crippen LogP contribution in [0.3, 0.4) is 0 Å². The second kappa shape index (κ2) is 27.2. The number of hydrogen-bond donors (Lipinski definition) is 15. The predicted molar refractivity (Wildman–Crippen MR) is 220 cm³/mol. The van der Waals surface area contributed by atoms with Crippen molar-refractivity contribution in [2.24, 2.45) is 50.3 Å². The van der Waals surface area contributed by atoms with Crippen molar-refractivity contribution in [3.63, 3.8) is 0 Å². The fourth-order valence-electron chi connectivity index (χ4n) is 5.42. The van der Waals surface area contributed by atoms with Gasteiger partial charge in [-0.1, -0.05) is 44.2 Å². The molecule has 0 aliphatic heterocycles. The zero-order valence-corrected chi connectivity index (χ0v) is 34.0. The Kier molecular flexibility index (Phi) is 23.4. The van der Waals surface area contributed by atoms with E-state index in [-0.39, 0.29) is 50.7 Å². The van der Waals surface area contributed by atoms with Gasteiger partial charge in [0.15, 0.2) is 11.9 Å². The zero-order chi connectivity index (χ0) is 46.2. The van der Waals surface area contributed by atoms with Crippen LogP contribution in [-0.4, -0.2) is 143 Å². The van der Waals surface area contributed by atoms with E-state index < -0.39 is 115 Å². The van der Waals surface area contributed by atoms with E-state index in [2.05, 4.69) is 41.9 Å². The average molecular weight is 865 g/mol. The fourth-order valence-corrected chi connectivity index (χ4v) is 5.42. The van der Waals surface area contributed by atoms with Gasteiger partial charge in [0.1, 0.15) is 36.3 Å². The molecule has 0 aliphatic carbocycles. The van der Waals surface area contributed by atoms with Crippen LogP contribution in [0.2, 0.25) is 0 Å². The first-order valence-electron chi connectivity index (χ1n) is 19.2. The number of nitrogens with zero attached hydrogens (tertiary/aromatic N) is 2. The van der Waals surface area contributed by atoms with Crippen LogP contribution < -0.4 is 66.3 Å². The number of carbonyl (C=O) groups excluding carboxylic acids is 7. The third-order valence-corrected chi connectivity index (χ3v) is 8.70. The number of aliphatic carboxylic acids is 1. The van der Waals surface area contributed by atoms with Crippen molar-refractivity contribution in [1.82, 2.24) is 31.9 Å². The number of aliphatic hydroxyl groups is 2. The van der Waals surface area contributed by atoms with Gasteiger partial charge in [-0.2, -0.15) is 0 Å². The summed E-state index contributed by atoms with van der Waals surface area (Å²) in [6, 6.07) is -2.18. The molecule has 21 N–H and O–H groups in total. The van der Waals surface area contributed by atoms with Crippen LogP contribution in [-0.2, 0) is 44.8 Å². The molecule has 0 saturated carbocycles. The van der Waals surface area contributed by atoms with Crippen molar-refractivity contribution >= 4 is 59.2 Å². The Morgan fingerprint density at radius 2 is 1.05 bits per heavy atom. The third-order valence-electron chi connectivity index (χ3n) is 8.70. The van der Waals surface area contributed by atoms with Crippen LogP contribution in [0.25, 0.3) is 0 Å². The highest BCUT2D eigenvalue weighted by molar-refractivity contribution is 5.98. The Morgan fingerprint density at radius 3 is 1.56 bits per heavy atom. The SMILES string of the molecule is CC(C)[C@H](NC(=O)[C@@H](N)CCCN=C(N)N)C(=O)N[C@@H](CO)C(=O)N[C@@H](CC(N)=O)C(=O)N[C@@H](CCCN=C(N)N)C(=O)N[C@@H](Cc1ccccc1)C(=O)N[C@@H](CO)C(=O)O. The number of rotatable bonds is 28.